The van der Waals surface area contributed by atoms with Crippen LogP contribution in [-0.4, -0.2) is 38.8 Å². The zero-order chi connectivity index (χ0) is 22.8. The predicted molar refractivity (Wildman–Crippen MR) is 111 cm³/mol. The Balaban J connectivity index is 1.37. The van der Waals surface area contributed by atoms with Crippen LogP contribution in [0.5, 0.6) is 0 Å². The van der Waals surface area contributed by atoms with Gasteiger partial charge in [-0.2, -0.15) is 10.4 Å². The Morgan fingerprint density at radius 1 is 1.38 bits per heavy atom. The van der Waals surface area contributed by atoms with Gasteiger partial charge >= 0.3 is 0 Å². The molecule has 0 spiro atoms. The van der Waals surface area contributed by atoms with E-state index in [1.54, 1.807) is 29.9 Å². The van der Waals surface area contributed by atoms with Crippen LogP contribution in [0, 0.1) is 17.1 Å². The lowest BCUT2D eigenvalue weighted by molar-refractivity contribution is 0.0902. The van der Waals surface area contributed by atoms with Crippen LogP contribution in [0.25, 0.3) is 11.3 Å². The number of amides is 2. The third kappa shape index (κ3) is 4.78. The molecule has 1 atom stereocenters. The van der Waals surface area contributed by atoms with E-state index in [2.05, 4.69) is 20.9 Å². The fourth-order valence-corrected chi connectivity index (χ4v) is 3.29. The van der Waals surface area contributed by atoms with Gasteiger partial charge < -0.3 is 15.2 Å². The van der Waals surface area contributed by atoms with Crippen molar-refractivity contribution in [3.05, 3.63) is 58.3 Å². The molecule has 2 heterocycles. The molecular weight excluding hydrogens is 439 g/mol. The molecule has 0 aliphatic heterocycles. The summed E-state index contributed by atoms with van der Waals surface area (Å²) in [6.07, 6.45) is 3.55. The van der Waals surface area contributed by atoms with Crippen molar-refractivity contribution in [2.24, 2.45) is 0 Å². The van der Waals surface area contributed by atoms with E-state index in [1.807, 2.05) is 0 Å². The smallest absolute Gasteiger partial charge is 0.290 e. The first kappa shape index (κ1) is 21.5. The van der Waals surface area contributed by atoms with Gasteiger partial charge in [-0.15, -0.1) is 0 Å². The van der Waals surface area contributed by atoms with Crippen molar-refractivity contribution in [1.82, 2.24) is 25.6 Å². The summed E-state index contributed by atoms with van der Waals surface area (Å²) in [5, 5.41) is 22.5. The molecule has 1 saturated carbocycles. The van der Waals surface area contributed by atoms with Gasteiger partial charge in [0.25, 0.3) is 11.8 Å². The van der Waals surface area contributed by atoms with E-state index in [0.29, 0.717) is 17.8 Å². The zero-order valence-electron chi connectivity index (χ0n) is 16.9. The molecular formula is C21H18ClFN6O3. The first-order chi connectivity index (χ1) is 15.3. The quantitative estimate of drug-likeness (QED) is 0.563. The summed E-state index contributed by atoms with van der Waals surface area (Å²) in [7, 11) is 0. The number of carbonyl (C=O) groups is 2. The molecule has 1 aliphatic carbocycles. The molecule has 4 rings (SSSR count). The second-order valence-corrected chi connectivity index (χ2v) is 7.96. The van der Waals surface area contributed by atoms with Gasteiger partial charge in [0.05, 0.1) is 17.3 Å². The lowest BCUT2D eigenvalue weighted by Gasteiger charge is -2.12. The molecule has 0 bridgehead atoms. The second-order valence-electron chi connectivity index (χ2n) is 7.55. The lowest BCUT2D eigenvalue weighted by atomic mass is 10.1. The summed E-state index contributed by atoms with van der Waals surface area (Å²) >= 11 is 5.96. The number of hydrogen-bond donors (Lipinski definition) is 2. The van der Waals surface area contributed by atoms with E-state index < -0.39 is 17.6 Å². The molecule has 0 radical (unpaired) electrons. The second kappa shape index (κ2) is 8.80. The van der Waals surface area contributed by atoms with Gasteiger partial charge in [-0.1, -0.05) is 16.8 Å². The largest absolute Gasteiger partial charge is 0.350 e. The minimum atomic E-state index is -0.719. The topological polar surface area (TPSA) is 126 Å². The van der Waals surface area contributed by atoms with Crippen molar-refractivity contribution in [3.63, 3.8) is 0 Å². The molecule has 9 nitrogen and oxygen atoms in total. The number of benzene rings is 1. The Hall–Kier alpha value is -3.71. The number of halogens is 2. The molecule has 0 unspecified atom stereocenters. The van der Waals surface area contributed by atoms with E-state index in [1.165, 1.54) is 18.2 Å². The third-order valence-corrected chi connectivity index (χ3v) is 5.11. The lowest BCUT2D eigenvalue weighted by Crippen LogP contribution is -2.36. The van der Waals surface area contributed by atoms with Gasteiger partial charge in [-0.25, -0.2) is 4.39 Å². The first-order valence-electron chi connectivity index (χ1n) is 9.85. The van der Waals surface area contributed by atoms with Crippen LogP contribution in [0.2, 0.25) is 5.02 Å². The van der Waals surface area contributed by atoms with Crippen LogP contribution in [0.1, 0.15) is 46.4 Å². The normalized spacial score (nSPS) is 13.9. The molecule has 11 heteroatoms. The Kier molecular flexibility index (Phi) is 5.92. The number of nitriles is 1. The van der Waals surface area contributed by atoms with Gasteiger partial charge in [-0.05, 0) is 38.0 Å². The fourth-order valence-electron chi connectivity index (χ4n) is 3.04. The SMILES string of the molecule is C[C@@H](Cn1ccc(-c2cc(F)c(C#N)c(Cl)c2)n1)NC(=O)c1cc(C(=O)NC2CC2)on1. The predicted octanol–water partition coefficient (Wildman–Crippen LogP) is 2.91. The fraction of sp³-hybridized carbons (Fsp3) is 0.286. The number of nitrogens with one attached hydrogen (secondary N) is 2. The average molecular weight is 457 g/mol. The minimum Gasteiger partial charge on any atom is -0.350 e. The van der Waals surface area contributed by atoms with Crippen LogP contribution in [0.3, 0.4) is 0 Å². The van der Waals surface area contributed by atoms with Crippen molar-refractivity contribution in [2.75, 3.05) is 0 Å². The Morgan fingerprint density at radius 3 is 2.84 bits per heavy atom. The molecule has 1 aliphatic rings. The maximum atomic E-state index is 14.0. The Morgan fingerprint density at radius 2 is 2.16 bits per heavy atom. The molecule has 1 fully saturated rings. The average Bonchev–Trinajstić information content (AvgIpc) is 3.23. The van der Waals surface area contributed by atoms with E-state index in [4.69, 9.17) is 21.4 Å². The summed E-state index contributed by atoms with van der Waals surface area (Å²) in [5.74, 6) is -1.61. The monoisotopic (exact) mass is 456 g/mol. The Bertz CT molecular complexity index is 1200. The maximum absolute atomic E-state index is 14.0. The maximum Gasteiger partial charge on any atom is 0.290 e. The van der Waals surface area contributed by atoms with Gasteiger partial charge in [0.1, 0.15) is 17.4 Å². The number of rotatable bonds is 7. The first-order valence-corrected chi connectivity index (χ1v) is 10.2. The summed E-state index contributed by atoms with van der Waals surface area (Å²) in [6.45, 7) is 2.10. The van der Waals surface area contributed by atoms with Gasteiger partial charge in [-0.3, -0.25) is 14.3 Å². The van der Waals surface area contributed by atoms with Crippen LogP contribution in [-0.2, 0) is 6.54 Å². The van der Waals surface area contributed by atoms with Crippen molar-refractivity contribution in [3.8, 4) is 17.3 Å². The Labute approximate surface area is 187 Å². The molecule has 2 N–H and O–H groups in total. The number of nitrogens with zero attached hydrogens (tertiary/aromatic N) is 4. The standard InChI is InChI=1S/C21H18ClFN6O3/c1-11(25-20(30)18-8-19(32-28-18)21(31)26-13-2-3-13)10-29-5-4-17(27-29)12-6-15(22)14(9-24)16(23)7-12/h4-8,11,13H,2-3,10H2,1H3,(H,25,30)(H,26,31)/t11-/m0/s1. The molecule has 164 valence electrons. The molecule has 0 saturated heterocycles. The van der Waals surface area contributed by atoms with E-state index in [-0.39, 0.29) is 34.1 Å². The molecule has 3 aromatic rings. The van der Waals surface area contributed by atoms with E-state index >= 15 is 0 Å². The number of carbonyl (C=O) groups excluding carboxylic acids is 2. The van der Waals surface area contributed by atoms with E-state index in [0.717, 1.165) is 12.8 Å². The molecule has 32 heavy (non-hydrogen) atoms. The van der Waals surface area contributed by atoms with Crippen LogP contribution >= 0.6 is 11.6 Å². The van der Waals surface area contributed by atoms with E-state index in [9.17, 15) is 14.0 Å². The highest BCUT2D eigenvalue weighted by molar-refractivity contribution is 6.32. The van der Waals surface area contributed by atoms with Crippen molar-refractivity contribution < 1.29 is 18.5 Å². The van der Waals surface area contributed by atoms with Crippen LogP contribution < -0.4 is 10.6 Å². The van der Waals surface area contributed by atoms with Gasteiger partial charge in [0, 0.05) is 29.9 Å². The third-order valence-electron chi connectivity index (χ3n) is 4.81. The highest BCUT2D eigenvalue weighted by atomic mass is 35.5. The number of aromatic nitrogens is 3. The minimum absolute atomic E-state index is 0.00153. The summed E-state index contributed by atoms with van der Waals surface area (Å²) in [5.41, 5.74) is 0.687. The van der Waals surface area contributed by atoms with Crippen molar-refractivity contribution in [2.45, 2.75) is 38.4 Å². The summed E-state index contributed by atoms with van der Waals surface area (Å²) in [4.78, 5) is 24.4. The van der Waals surface area contributed by atoms with Crippen molar-refractivity contribution >= 4 is 23.4 Å². The summed E-state index contributed by atoms with van der Waals surface area (Å²) < 4.78 is 20.6. The van der Waals surface area contributed by atoms with Gasteiger partial charge in [0.15, 0.2) is 5.69 Å². The molecule has 2 aromatic heterocycles. The zero-order valence-corrected chi connectivity index (χ0v) is 17.7. The highest BCUT2D eigenvalue weighted by Gasteiger charge is 2.26. The molecule has 2 amide bonds. The van der Waals surface area contributed by atoms with Crippen molar-refractivity contribution in [1.29, 1.82) is 5.26 Å². The van der Waals surface area contributed by atoms with Crippen LogP contribution in [0.4, 0.5) is 4.39 Å². The molecule has 1 aromatic carbocycles. The summed E-state index contributed by atoms with van der Waals surface area (Å²) in [6, 6.07) is 7.20. The number of hydrogen-bond acceptors (Lipinski definition) is 6. The highest BCUT2D eigenvalue weighted by Crippen LogP contribution is 2.26. The van der Waals surface area contributed by atoms with Gasteiger partial charge in [0.2, 0.25) is 5.76 Å². The van der Waals surface area contributed by atoms with Crippen LogP contribution in [0.15, 0.2) is 35.0 Å².